The summed E-state index contributed by atoms with van der Waals surface area (Å²) in [5.74, 6) is 0. The van der Waals surface area contributed by atoms with Crippen molar-refractivity contribution in [3.8, 4) is 122 Å². The minimum atomic E-state index is -0.746. The van der Waals surface area contributed by atoms with Gasteiger partial charge in [0.15, 0.2) is 0 Å². The molecular weight excluding hydrogens is 1800 g/mol. The van der Waals surface area contributed by atoms with Crippen molar-refractivity contribution in [3.63, 3.8) is 0 Å². The smallest absolute Gasteiger partial charge is 0.0755 e. The molecule has 4 aliphatic carbocycles. The van der Waals surface area contributed by atoms with Crippen LogP contribution in [0.15, 0.2) is 552 Å². The van der Waals surface area contributed by atoms with Gasteiger partial charge < -0.3 is 19.6 Å². The van der Waals surface area contributed by atoms with Crippen LogP contribution < -0.4 is 19.6 Å². The molecule has 0 N–H and O–H groups in total. The minimum absolute atomic E-state index is 0.238. The van der Waals surface area contributed by atoms with Gasteiger partial charge in [0, 0.05) is 56.1 Å². The van der Waals surface area contributed by atoms with Gasteiger partial charge >= 0.3 is 0 Å². The molecule has 2 spiro atoms. The van der Waals surface area contributed by atoms with Crippen LogP contribution in [0.3, 0.4) is 0 Å². The number of rotatable bonds is 16. The Hall–Kier alpha value is -18.7. The number of hydrogen-bond acceptors (Lipinski definition) is 4. The van der Waals surface area contributed by atoms with Crippen molar-refractivity contribution in [2.45, 2.75) is 42.4 Å². The Kier molecular flexibility index (Phi) is 20.0. The van der Waals surface area contributed by atoms with Gasteiger partial charge in [0.1, 0.15) is 0 Å². The Morgan fingerprint density at radius 3 is 0.859 bits per heavy atom. The monoisotopic (exact) mass is 1900 g/mol. The van der Waals surface area contributed by atoms with Gasteiger partial charge in [-0.3, -0.25) is 0 Å². The van der Waals surface area contributed by atoms with E-state index in [-0.39, 0.29) is 5.41 Å². The first-order valence-electron chi connectivity index (χ1n) is 52.1. The van der Waals surface area contributed by atoms with E-state index in [4.69, 9.17) is 0 Å². The van der Waals surface area contributed by atoms with E-state index in [2.05, 4.69) is 592 Å². The molecule has 6 aliphatic rings. The van der Waals surface area contributed by atoms with Crippen molar-refractivity contribution >= 4 is 68.2 Å². The number of anilines is 12. The number of benzene rings is 23. The molecular formula is C145H100N4. The Morgan fingerprint density at radius 2 is 0.436 bits per heavy atom. The van der Waals surface area contributed by atoms with E-state index >= 15 is 0 Å². The Labute approximate surface area is 870 Å². The van der Waals surface area contributed by atoms with Gasteiger partial charge in [0.25, 0.3) is 0 Å². The van der Waals surface area contributed by atoms with Crippen LogP contribution in [0.4, 0.5) is 68.2 Å². The average molecular weight is 1900 g/mol. The van der Waals surface area contributed by atoms with Crippen LogP contribution in [0.1, 0.15) is 93.1 Å². The normalized spacial score (nSPS) is 14.6. The second kappa shape index (κ2) is 34.2. The predicted molar refractivity (Wildman–Crippen MR) is 620 cm³/mol. The van der Waals surface area contributed by atoms with Gasteiger partial charge in [-0.1, -0.05) is 420 Å². The summed E-state index contributed by atoms with van der Waals surface area (Å²) in [7, 11) is 0. The van der Waals surface area contributed by atoms with Gasteiger partial charge in [-0.05, 0) is 336 Å². The number of hydrogen-bond donors (Lipinski definition) is 0. The molecule has 0 saturated heterocycles. The van der Waals surface area contributed by atoms with Gasteiger partial charge in [-0.25, -0.2) is 0 Å². The molecule has 0 amide bonds. The third-order valence-electron chi connectivity index (χ3n) is 33.3. The van der Waals surface area contributed by atoms with Crippen LogP contribution in [-0.2, 0) is 21.7 Å². The molecule has 1 atom stereocenters. The van der Waals surface area contributed by atoms with Gasteiger partial charge in [0.05, 0.1) is 45.0 Å². The van der Waals surface area contributed by atoms with E-state index in [9.17, 15) is 0 Å². The van der Waals surface area contributed by atoms with Gasteiger partial charge in [0.2, 0.25) is 0 Å². The molecule has 0 aromatic heterocycles. The molecule has 0 saturated carbocycles. The maximum absolute atomic E-state index is 2.56. The molecule has 1 unspecified atom stereocenters. The first kappa shape index (κ1) is 86.9. The summed E-state index contributed by atoms with van der Waals surface area (Å²) in [4.78, 5) is 10.1. The maximum Gasteiger partial charge on any atom is 0.0755 e. The molecule has 4 nitrogen and oxygen atoms in total. The van der Waals surface area contributed by atoms with Crippen LogP contribution in [0.5, 0.6) is 0 Å². The molecule has 4 heteroatoms. The third-order valence-corrected chi connectivity index (χ3v) is 33.3. The summed E-state index contributed by atoms with van der Waals surface area (Å²) in [6, 6.07) is 208. The molecule has 2 heterocycles. The molecule has 23 aromatic rings. The molecule has 23 aromatic carbocycles. The highest BCUT2D eigenvalue weighted by molar-refractivity contribution is 6.06. The summed E-state index contributed by atoms with van der Waals surface area (Å²) in [5, 5.41) is 0. The van der Waals surface area contributed by atoms with Gasteiger partial charge in [-0.15, -0.1) is 0 Å². The van der Waals surface area contributed by atoms with Crippen LogP contribution in [0.2, 0.25) is 0 Å². The summed E-state index contributed by atoms with van der Waals surface area (Å²) >= 11 is 0. The zero-order valence-corrected chi connectivity index (χ0v) is 82.8. The Morgan fingerprint density at radius 1 is 0.161 bits per heavy atom. The number of fused-ring (bicyclic) bond motifs is 24. The molecule has 0 fully saturated rings. The van der Waals surface area contributed by atoms with Crippen molar-refractivity contribution in [1.82, 2.24) is 0 Å². The fourth-order valence-electron chi connectivity index (χ4n) is 26.6. The van der Waals surface area contributed by atoms with Crippen LogP contribution in [-0.4, -0.2) is 0 Å². The lowest BCUT2D eigenvalue weighted by Gasteiger charge is -2.45. The van der Waals surface area contributed by atoms with E-state index in [1.54, 1.807) is 0 Å². The predicted octanol–water partition coefficient (Wildman–Crippen LogP) is 38.2. The van der Waals surface area contributed by atoms with Crippen molar-refractivity contribution in [2.24, 2.45) is 0 Å². The van der Waals surface area contributed by atoms with Crippen molar-refractivity contribution in [3.05, 3.63) is 624 Å². The summed E-state index contributed by atoms with van der Waals surface area (Å²) in [6.45, 7) is 7.22. The number of nitrogens with zero attached hydrogens (tertiary/aromatic N) is 4. The number of para-hydroxylation sites is 5. The molecule has 149 heavy (non-hydrogen) atoms. The Balaban J connectivity index is 0.527. The van der Waals surface area contributed by atoms with Crippen LogP contribution in [0, 0.1) is 0 Å². The fourth-order valence-corrected chi connectivity index (χ4v) is 26.6. The highest BCUT2D eigenvalue weighted by atomic mass is 15.2. The topological polar surface area (TPSA) is 13.0 Å². The van der Waals surface area contributed by atoms with Gasteiger partial charge in [-0.2, -0.15) is 0 Å². The molecule has 29 rings (SSSR count). The van der Waals surface area contributed by atoms with Crippen LogP contribution in [0.25, 0.3) is 122 Å². The summed E-state index contributed by atoms with van der Waals surface area (Å²) in [6.07, 6.45) is 0. The van der Waals surface area contributed by atoms with Crippen molar-refractivity contribution in [2.75, 3.05) is 19.6 Å². The SMILES string of the molecule is CC1(C)c2ccccc2-c2ccc(N(c3ccc(-c4cc(-c5ccccc5)cc(-c5ccc(-c6cccc(N7c8ccccc8C8(c9ccccc9-c9c(N(c%10ccc(-c%11cc(-c%12ccccc%12)cc(-c%12ccccc%12)c%11)cc%10)c%10ccc%11c(c%10)C(C)(c%10ccccc%10)c%10ccccc%10-%11)cccc98)c8ccccc87)c6)cc5)c4)cc3)c3cccc4c3-c3ccccc3C43c4ccccc4N(c4ccccc4)c4ccccc43)cc21. The third kappa shape index (κ3) is 13.3. The molecule has 700 valence electrons. The van der Waals surface area contributed by atoms with E-state index in [1.165, 1.54) is 150 Å². The zero-order chi connectivity index (χ0) is 98.8. The molecule has 2 aliphatic heterocycles. The lowest BCUT2D eigenvalue weighted by atomic mass is 9.64. The van der Waals surface area contributed by atoms with E-state index in [1.807, 2.05) is 0 Å². The molecule has 0 radical (unpaired) electrons. The minimum Gasteiger partial charge on any atom is -0.310 e. The van der Waals surface area contributed by atoms with Crippen molar-refractivity contribution in [1.29, 1.82) is 0 Å². The standard InChI is InChI=1S/C145H100N4/c1-142(2)122-54-23-19-50-116(122)118-84-82-114(93-132(118)142)146(138-68-36-62-130-140(138)120-52-21-25-56-124(120)144(130)126-58-27-31-64-134(126)148(110-47-17-8-18-48-110)135-65-32-28-59-127(135)144)111-78-74-101(75-79-111)108-90-105(97-42-13-6-14-43-97)87-106(91-108)99-72-70-98(71-73-99)102-44-35-49-113(92-102)149-136-66-33-29-60-128(136)145(129-61-30-34-67-137(129)149)125-57-26-22-53-121(125)141-131(145)63-37-69-139(141)147(115-83-85-119-117-51-20-24-55-123(117)143(3,133(119)94-115)109-45-15-7-16-46-109)112-80-76-100(77-81-112)107-88-103(95-38-9-4-10-39-95)86-104(89-107)96-40-11-5-12-41-96/h4-94H,1-3H3. The fraction of sp³-hybridized carbons (Fsp3) is 0.0483. The summed E-state index contributed by atoms with van der Waals surface area (Å²) < 4.78 is 0. The lowest BCUT2D eigenvalue weighted by molar-refractivity contribution is 0.660. The average Bonchev–Trinajstić information content (AvgIpc) is 1.52. The highest BCUT2D eigenvalue weighted by Crippen LogP contribution is 2.69. The quantitative estimate of drug-likeness (QED) is 0.0956. The first-order chi connectivity index (χ1) is 73.5. The highest BCUT2D eigenvalue weighted by Gasteiger charge is 2.56. The Bertz CT molecular complexity index is 9160. The maximum atomic E-state index is 2.56. The second-order valence-electron chi connectivity index (χ2n) is 41.3. The van der Waals surface area contributed by atoms with E-state index in [0.717, 1.165) is 113 Å². The van der Waals surface area contributed by atoms with E-state index in [0.29, 0.717) is 0 Å². The second-order valence-corrected chi connectivity index (χ2v) is 41.3. The molecule has 0 bridgehead atoms. The van der Waals surface area contributed by atoms with Crippen LogP contribution >= 0.6 is 0 Å². The largest absolute Gasteiger partial charge is 0.310 e. The zero-order valence-electron chi connectivity index (χ0n) is 82.8. The summed E-state index contributed by atoms with van der Waals surface area (Å²) in [5.41, 5.74) is 53.9. The van der Waals surface area contributed by atoms with Crippen molar-refractivity contribution < 1.29 is 0 Å². The first-order valence-corrected chi connectivity index (χ1v) is 52.1. The van der Waals surface area contributed by atoms with E-state index < -0.39 is 16.2 Å². The lowest BCUT2D eigenvalue weighted by Crippen LogP contribution is -2.36.